The van der Waals surface area contributed by atoms with Gasteiger partial charge in [0.05, 0.1) is 10.6 Å². The highest BCUT2D eigenvalue weighted by Crippen LogP contribution is 2.20. The summed E-state index contributed by atoms with van der Waals surface area (Å²) in [6, 6.07) is 3.86. The highest BCUT2D eigenvalue weighted by molar-refractivity contribution is 6.33. The molecule has 0 saturated carbocycles. The van der Waals surface area contributed by atoms with Gasteiger partial charge >= 0.3 is 12.0 Å². The number of nitrogens with one attached hydrogen (secondary N) is 2. The molecule has 0 aromatic heterocycles. The number of hydrogen-bond acceptors (Lipinski definition) is 3. The number of hydrogen-bond donors (Lipinski definition) is 3. The van der Waals surface area contributed by atoms with Gasteiger partial charge in [0.25, 0.3) is 0 Å². The topological polar surface area (TPSA) is 87.7 Å². The minimum atomic E-state index is -1.11. The minimum absolute atomic E-state index is 0.00398. The van der Waals surface area contributed by atoms with Crippen molar-refractivity contribution in [1.29, 1.82) is 0 Å². The van der Waals surface area contributed by atoms with Gasteiger partial charge in [-0.25, -0.2) is 9.59 Å². The van der Waals surface area contributed by atoms with E-state index in [1.807, 2.05) is 6.92 Å². The number of carbonyl (C=O) groups is 2. The molecule has 1 aromatic carbocycles. The number of aromatic carboxylic acids is 1. The molecule has 0 spiro atoms. The molecule has 1 rings (SSSR count). The van der Waals surface area contributed by atoms with Gasteiger partial charge in [-0.15, -0.1) is 0 Å². The Bertz CT molecular complexity index is 494. The number of anilines is 1. The third-order valence-electron chi connectivity index (χ3n) is 2.56. The Morgan fingerprint density at radius 1 is 1.33 bits per heavy atom. The number of benzene rings is 1. The minimum Gasteiger partial charge on any atom is -0.478 e. The lowest BCUT2D eigenvalue weighted by Crippen LogP contribution is -2.30. The molecule has 0 aliphatic heterocycles. The second kappa shape index (κ2) is 9.20. The van der Waals surface area contributed by atoms with Crippen molar-refractivity contribution >= 4 is 29.3 Å². The van der Waals surface area contributed by atoms with Gasteiger partial charge in [-0.05, 0) is 31.0 Å². The average molecular weight is 315 g/mol. The van der Waals surface area contributed by atoms with Gasteiger partial charge in [-0.1, -0.05) is 18.5 Å². The second-order valence-electron chi connectivity index (χ2n) is 4.35. The first-order chi connectivity index (χ1) is 10.0. The van der Waals surface area contributed by atoms with Gasteiger partial charge in [-0.3, -0.25) is 0 Å². The van der Waals surface area contributed by atoms with Gasteiger partial charge < -0.3 is 20.5 Å². The fourth-order valence-corrected chi connectivity index (χ4v) is 1.83. The summed E-state index contributed by atoms with van der Waals surface area (Å²) >= 11 is 5.81. The summed E-state index contributed by atoms with van der Waals surface area (Å²) in [6.07, 6.45) is 1.70. The lowest BCUT2D eigenvalue weighted by molar-refractivity contribution is 0.0697. The van der Waals surface area contributed by atoms with E-state index in [2.05, 4.69) is 10.6 Å². The van der Waals surface area contributed by atoms with Crippen molar-refractivity contribution in [3.05, 3.63) is 28.8 Å². The highest BCUT2D eigenvalue weighted by atomic mass is 35.5. The van der Waals surface area contributed by atoms with Crippen LogP contribution in [0.15, 0.2) is 18.2 Å². The molecule has 0 aliphatic rings. The summed E-state index contributed by atoms with van der Waals surface area (Å²) < 4.78 is 5.29. The third-order valence-corrected chi connectivity index (χ3v) is 2.87. The van der Waals surface area contributed by atoms with Crippen molar-refractivity contribution < 1.29 is 19.4 Å². The molecule has 2 amide bonds. The van der Waals surface area contributed by atoms with Gasteiger partial charge in [0.15, 0.2) is 0 Å². The number of halogens is 1. The van der Waals surface area contributed by atoms with E-state index in [9.17, 15) is 9.59 Å². The van der Waals surface area contributed by atoms with Crippen LogP contribution in [0.3, 0.4) is 0 Å². The molecule has 6 nitrogen and oxygen atoms in total. The molecule has 0 unspecified atom stereocenters. The van der Waals surface area contributed by atoms with E-state index < -0.39 is 5.97 Å². The van der Waals surface area contributed by atoms with Crippen molar-refractivity contribution in [3.8, 4) is 0 Å². The zero-order chi connectivity index (χ0) is 15.7. The Morgan fingerprint density at radius 3 is 2.71 bits per heavy atom. The summed E-state index contributed by atoms with van der Waals surface area (Å²) in [7, 11) is 0. The number of urea groups is 1. The maximum absolute atomic E-state index is 11.6. The molecule has 7 heteroatoms. The molecule has 0 radical (unpaired) electrons. The van der Waals surface area contributed by atoms with Crippen LogP contribution in [0.2, 0.25) is 5.02 Å². The Hall–Kier alpha value is -1.79. The summed E-state index contributed by atoms with van der Waals surface area (Å²) in [4.78, 5) is 22.4. The van der Waals surface area contributed by atoms with Gasteiger partial charge in [0, 0.05) is 25.4 Å². The summed E-state index contributed by atoms with van der Waals surface area (Å²) in [6.45, 7) is 3.86. The molecule has 0 heterocycles. The van der Waals surface area contributed by atoms with Gasteiger partial charge in [0.1, 0.15) is 0 Å². The number of rotatable bonds is 8. The predicted molar refractivity (Wildman–Crippen MR) is 81.2 cm³/mol. The zero-order valence-corrected chi connectivity index (χ0v) is 12.6. The smallest absolute Gasteiger partial charge is 0.337 e. The molecule has 0 aliphatic carbocycles. The van der Waals surface area contributed by atoms with E-state index in [0.717, 1.165) is 19.4 Å². The first-order valence-electron chi connectivity index (χ1n) is 6.70. The lowest BCUT2D eigenvalue weighted by Gasteiger charge is -2.09. The molecular weight excluding hydrogens is 296 g/mol. The van der Waals surface area contributed by atoms with E-state index in [0.29, 0.717) is 18.8 Å². The van der Waals surface area contributed by atoms with Crippen molar-refractivity contribution in [1.82, 2.24) is 5.32 Å². The van der Waals surface area contributed by atoms with Crippen molar-refractivity contribution in [2.24, 2.45) is 0 Å². The van der Waals surface area contributed by atoms with Crippen LogP contribution in [0.5, 0.6) is 0 Å². The van der Waals surface area contributed by atoms with Crippen LogP contribution in [0.1, 0.15) is 30.1 Å². The standard InChI is InChI=1S/C14H19ClN2O4/c1-2-7-21-8-3-6-16-14(20)17-10-4-5-11(13(18)19)12(15)9-10/h4-5,9H,2-3,6-8H2,1H3,(H,18,19)(H2,16,17,20). The largest absolute Gasteiger partial charge is 0.478 e. The van der Waals surface area contributed by atoms with Crippen LogP contribution in [0.4, 0.5) is 10.5 Å². The first-order valence-corrected chi connectivity index (χ1v) is 7.07. The fraction of sp³-hybridized carbons (Fsp3) is 0.429. The Morgan fingerprint density at radius 2 is 2.10 bits per heavy atom. The predicted octanol–water partition coefficient (Wildman–Crippen LogP) is 2.98. The molecule has 0 bridgehead atoms. The van der Waals surface area contributed by atoms with Crippen molar-refractivity contribution in [3.63, 3.8) is 0 Å². The molecule has 116 valence electrons. The molecular formula is C14H19ClN2O4. The normalized spacial score (nSPS) is 10.2. The molecule has 0 fully saturated rings. The molecule has 0 saturated heterocycles. The SMILES string of the molecule is CCCOCCCNC(=O)Nc1ccc(C(=O)O)c(Cl)c1. The van der Waals surface area contributed by atoms with Crippen LogP contribution in [-0.4, -0.2) is 36.9 Å². The molecule has 3 N–H and O–H groups in total. The lowest BCUT2D eigenvalue weighted by atomic mass is 10.2. The van der Waals surface area contributed by atoms with Crippen molar-refractivity contribution in [2.45, 2.75) is 19.8 Å². The summed E-state index contributed by atoms with van der Waals surface area (Å²) in [5.74, 6) is -1.11. The fourth-order valence-electron chi connectivity index (χ4n) is 1.56. The Labute approximate surface area is 128 Å². The van der Waals surface area contributed by atoms with E-state index in [-0.39, 0.29) is 16.6 Å². The van der Waals surface area contributed by atoms with Crippen molar-refractivity contribution in [2.75, 3.05) is 25.1 Å². The number of carboxylic acid groups (broad SMARTS) is 1. The number of amides is 2. The van der Waals surface area contributed by atoms with E-state index in [4.69, 9.17) is 21.4 Å². The molecule has 21 heavy (non-hydrogen) atoms. The maximum Gasteiger partial charge on any atom is 0.337 e. The quantitative estimate of drug-likeness (QED) is 0.644. The Kier molecular flexibility index (Phi) is 7.56. The monoisotopic (exact) mass is 314 g/mol. The summed E-state index contributed by atoms with van der Waals surface area (Å²) in [5, 5.41) is 14.2. The van der Waals surface area contributed by atoms with Crippen LogP contribution in [-0.2, 0) is 4.74 Å². The van der Waals surface area contributed by atoms with Crippen LogP contribution < -0.4 is 10.6 Å². The first kappa shape index (κ1) is 17.3. The number of carboxylic acids is 1. The summed E-state index contributed by atoms with van der Waals surface area (Å²) in [5.41, 5.74) is 0.431. The molecule has 0 atom stereocenters. The zero-order valence-electron chi connectivity index (χ0n) is 11.8. The van der Waals surface area contributed by atoms with Crippen LogP contribution >= 0.6 is 11.6 Å². The van der Waals surface area contributed by atoms with E-state index in [1.165, 1.54) is 18.2 Å². The maximum atomic E-state index is 11.6. The van der Waals surface area contributed by atoms with Gasteiger partial charge in [-0.2, -0.15) is 0 Å². The highest BCUT2D eigenvalue weighted by Gasteiger charge is 2.09. The van der Waals surface area contributed by atoms with E-state index in [1.54, 1.807) is 0 Å². The van der Waals surface area contributed by atoms with Crippen LogP contribution in [0.25, 0.3) is 0 Å². The average Bonchev–Trinajstić information content (AvgIpc) is 2.42. The third kappa shape index (κ3) is 6.46. The number of ether oxygens (including phenoxy) is 1. The number of carbonyl (C=O) groups excluding carboxylic acids is 1. The van der Waals surface area contributed by atoms with E-state index >= 15 is 0 Å². The Balaban J connectivity index is 2.34. The van der Waals surface area contributed by atoms with Crippen LogP contribution in [0, 0.1) is 0 Å². The molecule has 1 aromatic rings. The van der Waals surface area contributed by atoms with Gasteiger partial charge in [0.2, 0.25) is 0 Å². The second-order valence-corrected chi connectivity index (χ2v) is 4.75.